The van der Waals surface area contributed by atoms with E-state index in [9.17, 15) is 4.79 Å². The first-order chi connectivity index (χ1) is 11.7. The van der Waals surface area contributed by atoms with Crippen molar-refractivity contribution in [3.05, 3.63) is 5.01 Å². The van der Waals surface area contributed by atoms with E-state index in [2.05, 4.69) is 26.9 Å². The number of nitrogens with zero attached hydrogens (tertiary/aromatic N) is 4. The molecule has 3 aliphatic rings. The van der Waals surface area contributed by atoms with Crippen LogP contribution in [0.1, 0.15) is 63.3 Å². The van der Waals surface area contributed by atoms with Crippen LogP contribution in [0, 0.1) is 5.41 Å². The molecule has 0 radical (unpaired) electrons. The highest BCUT2D eigenvalue weighted by Gasteiger charge is 2.50. The Kier molecular flexibility index (Phi) is 4.50. The Labute approximate surface area is 148 Å². The van der Waals surface area contributed by atoms with Gasteiger partial charge in [0, 0.05) is 25.7 Å². The largest absolute Gasteiger partial charge is 0.346 e. The van der Waals surface area contributed by atoms with Crippen LogP contribution >= 0.6 is 11.3 Å². The van der Waals surface area contributed by atoms with Gasteiger partial charge in [-0.05, 0) is 38.5 Å². The molecule has 6 heteroatoms. The molecule has 5 nitrogen and oxygen atoms in total. The molecule has 0 N–H and O–H groups in total. The minimum absolute atomic E-state index is 0.159. The molecule has 1 saturated carbocycles. The van der Waals surface area contributed by atoms with E-state index in [1.807, 2.05) is 0 Å². The summed E-state index contributed by atoms with van der Waals surface area (Å²) >= 11 is 1.69. The maximum absolute atomic E-state index is 13.4. The molecule has 1 aromatic rings. The fourth-order valence-corrected chi connectivity index (χ4v) is 5.58. The first kappa shape index (κ1) is 16.3. The number of aryl methyl sites for hydroxylation is 1. The number of carbonyl (C=O) groups is 1. The van der Waals surface area contributed by atoms with E-state index in [4.69, 9.17) is 0 Å². The number of rotatable bonds is 3. The number of hydrogen-bond acceptors (Lipinski definition) is 5. The fourth-order valence-electron chi connectivity index (χ4n) is 4.77. The number of hydrogen-bond donors (Lipinski definition) is 0. The Bertz CT molecular complexity index is 598. The third kappa shape index (κ3) is 2.83. The van der Waals surface area contributed by atoms with Gasteiger partial charge in [0.05, 0.1) is 5.41 Å². The Balaban J connectivity index is 1.49. The second kappa shape index (κ2) is 6.62. The van der Waals surface area contributed by atoms with E-state index in [1.165, 1.54) is 32.1 Å². The quantitative estimate of drug-likeness (QED) is 0.841. The van der Waals surface area contributed by atoms with Crippen LogP contribution in [0.25, 0.3) is 0 Å². The molecule has 24 heavy (non-hydrogen) atoms. The molecule has 1 aliphatic carbocycles. The van der Waals surface area contributed by atoms with Gasteiger partial charge in [-0.2, -0.15) is 0 Å². The van der Waals surface area contributed by atoms with Gasteiger partial charge in [0.15, 0.2) is 0 Å². The predicted molar refractivity (Wildman–Crippen MR) is 96.4 cm³/mol. The maximum atomic E-state index is 13.4. The van der Waals surface area contributed by atoms with E-state index < -0.39 is 0 Å². The van der Waals surface area contributed by atoms with Gasteiger partial charge in [0.1, 0.15) is 5.01 Å². The minimum Gasteiger partial charge on any atom is -0.346 e. The van der Waals surface area contributed by atoms with Gasteiger partial charge in [-0.25, -0.2) is 0 Å². The molecule has 4 rings (SSSR count). The number of carbonyl (C=O) groups excluding carboxylic acids is 1. The molecule has 1 spiro atoms. The Morgan fingerprint density at radius 1 is 1.12 bits per heavy atom. The van der Waals surface area contributed by atoms with Crippen LogP contribution in [-0.2, 0) is 11.2 Å². The van der Waals surface area contributed by atoms with E-state index in [0.717, 1.165) is 55.5 Å². The Hall–Kier alpha value is -1.17. The van der Waals surface area contributed by atoms with Crippen molar-refractivity contribution in [3.8, 4) is 0 Å². The third-order valence-electron chi connectivity index (χ3n) is 6.17. The molecule has 0 bridgehead atoms. The zero-order chi connectivity index (χ0) is 16.6. The van der Waals surface area contributed by atoms with Crippen molar-refractivity contribution in [3.63, 3.8) is 0 Å². The third-order valence-corrected chi connectivity index (χ3v) is 7.30. The highest BCUT2D eigenvalue weighted by Crippen LogP contribution is 2.43. The first-order valence-electron chi connectivity index (χ1n) is 9.60. The molecule has 132 valence electrons. The Morgan fingerprint density at radius 2 is 1.96 bits per heavy atom. The average Bonchev–Trinajstić information content (AvgIpc) is 3.26. The normalized spacial score (nSPS) is 29.0. The average molecular weight is 349 g/mol. The molecule has 1 amide bonds. The molecule has 0 aromatic carbocycles. The summed E-state index contributed by atoms with van der Waals surface area (Å²) in [6, 6.07) is 0.505. The molecule has 0 unspecified atom stereocenters. The van der Waals surface area contributed by atoms with Crippen LogP contribution in [0.3, 0.4) is 0 Å². The fraction of sp³-hybridized carbons (Fsp3) is 0.833. The highest BCUT2D eigenvalue weighted by molar-refractivity contribution is 7.15. The minimum atomic E-state index is -0.159. The molecule has 3 fully saturated rings. The van der Waals surface area contributed by atoms with Crippen LogP contribution in [0.4, 0.5) is 5.13 Å². The van der Waals surface area contributed by atoms with Gasteiger partial charge in [0.2, 0.25) is 11.0 Å². The molecule has 3 heterocycles. The van der Waals surface area contributed by atoms with Gasteiger partial charge in [-0.15, -0.1) is 10.2 Å². The predicted octanol–water partition coefficient (Wildman–Crippen LogP) is 3.25. The zero-order valence-corrected chi connectivity index (χ0v) is 15.5. The van der Waals surface area contributed by atoms with E-state index >= 15 is 0 Å². The van der Waals surface area contributed by atoms with E-state index in [-0.39, 0.29) is 5.41 Å². The first-order valence-corrected chi connectivity index (χ1v) is 10.4. The van der Waals surface area contributed by atoms with Gasteiger partial charge in [-0.1, -0.05) is 37.5 Å². The second-order valence-electron chi connectivity index (χ2n) is 7.68. The molecule has 2 aliphatic heterocycles. The van der Waals surface area contributed by atoms with Crippen LogP contribution in [0.15, 0.2) is 0 Å². The summed E-state index contributed by atoms with van der Waals surface area (Å²) in [6.07, 6.45) is 10.5. The lowest BCUT2D eigenvalue weighted by molar-refractivity contribution is -0.148. The number of aromatic nitrogens is 2. The van der Waals surface area contributed by atoms with Gasteiger partial charge in [0.25, 0.3) is 0 Å². The van der Waals surface area contributed by atoms with Gasteiger partial charge < -0.3 is 9.80 Å². The summed E-state index contributed by atoms with van der Waals surface area (Å²) in [5.41, 5.74) is -0.159. The number of anilines is 1. The van der Waals surface area contributed by atoms with Crippen LogP contribution < -0.4 is 4.90 Å². The van der Waals surface area contributed by atoms with Crippen molar-refractivity contribution in [2.45, 2.75) is 70.8 Å². The van der Waals surface area contributed by atoms with Crippen molar-refractivity contribution in [1.82, 2.24) is 15.1 Å². The summed E-state index contributed by atoms with van der Waals surface area (Å²) in [7, 11) is 0. The van der Waals surface area contributed by atoms with Crippen LogP contribution in [-0.4, -0.2) is 46.7 Å². The van der Waals surface area contributed by atoms with Crippen LogP contribution in [0.5, 0.6) is 0 Å². The molecular weight excluding hydrogens is 320 g/mol. The lowest BCUT2D eigenvalue weighted by atomic mass is 9.77. The number of piperidine rings is 1. The van der Waals surface area contributed by atoms with Crippen LogP contribution in [0.2, 0.25) is 0 Å². The van der Waals surface area contributed by atoms with E-state index in [0.29, 0.717) is 11.9 Å². The zero-order valence-electron chi connectivity index (χ0n) is 14.7. The standard InChI is InChI=1S/C18H28N4OS/c1-2-15-19-20-17(24-15)21-12-10-18(13-21)9-6-11-22(16(18)23)14-7-4-3-5-8-14/h14H,2-13H2,1H3/t18-/m0/s1. The summed E-state index contributed by atoms with van der Waals surface area (Å²) in [6.45, 7) is 4.88. The van der Waals surface area contributed by atoms with Crippen molar-refractivity contribution < 1.29 is 4.79 Å². The summed E-state index contributed by atoms with van der Waals surface area (Å²) in [5.74, 6) is 0.434. The van der Waals surface area contributed by atoms with Gasteiger partial charge in [-0.3, -0.25) is 4.79 Å². The van der Waals surface area contributed by atoms with E-state index in [1.54, 1.807) is 11.3 Å². The molecular formula is C18H28N4OS. The van der Waals surface area contributed by atoms with Gasteiger partial charge >= 0.3 is 0 Å². The molecule has 1 aromatic heterocycles. The topological polar surface area (TPSA) is 49.3 Å². The lowest BCUT2D eigenvalue weighted by Crippen LogP contribution is -2.54. The smallest absolute Gasteiger partial charge is 0.230 e. The van der Waals surface area contributed by atoms with Crippen molar-refractivity contribution in [2.75, 3.05) is 24.5 Å². The summed E-state index contributed by atoms with van der Waals surface area (Å²) < 4.78 is 0. The Morgan fingerprint density at radius 3 is 2.71 bits per heavy atom. The maximum Gasteiger partial charge on any atom is 0.230 e. The van der Waals surface area contributed by atoms with Crippen molar-refractivity contribution in [1.29, 1.82) is 0 Å². The second-order valence-corrected chi connectivity index (χ2v) is 8.72. The number of likely N-dealkylation sites (tertiary alicyclic amines) is 1. The molecule has 1 atom stereocenters. The van der Waals surface area contributed by atoms with Crippen molar-refractivity contribution >= 4 is 22.4 Å². The van der Waals surface area contributed by atoms with Crippen molar-refractivity contribution in [2.24, 2.45) is 5.41 Å². The summed E-state index contributed by atoms with van der Waals surface area (Å²) in [5, 5.41) is 10.7. The monoisotopic (exact) mass is 348 g/mol. The number of amides is 1. The SMILES string of the molecule is CCc1nnc(N2CC[C@@]3(CCCN(C4CCCCC4)C3=O)C2)s1. The highest BCUT2D eigenvalue weighted by atomic mass is 32.1. The summed E-state index contributed by atoms with van der Waals surface area (Å²) in [4.78, 5) is 17.9. The lowest BCUT2D eigenvalue weighted by Gasteiger charge is -2.44. The molecule has 2 saturated heterocycles.